The van der Waals surface area contributed by atoms with E-state index in [0.29, 0.717) is 11.6 Å². The predicted molar refractivity (Wildman–Crippen MR) is 91.6 cm³/mol. The molecular weight excluding hydrogens is 326 g/mol. The highest BCUT2D eigenvalue weighted by Crippen LogP contribution is 2.30. The van der Waals surface area contributed by atoms with Crippen LogP contribution < -0.4 is 10.2 Å². The summed E-state index contributed by atoms with van der Waals surface area (Å²) in [5.74, 6) is -2.37. The van der Waals surface area contributed by atoms with Crippen molar-refractivity contribution < 1.29 is 13.6 Å². The van der Waals surface area contributed by atoms with E-state index in [0.717, 1.165) is 17.5 Å². The van der Waals surface area contributed by atoms with E-state index < -0.39 is 5.92 Å². The number of anilines is 1. The maximum absolute atomic E-state index is 13.0. The minimum Gasteiger partial charge on any atom is -0.354 e. The quantitative estimate of drug-likeness (QED) is 0.904. The van der Waals surface area contributed by atoms with Crippen molar-refractivity contribution in [1.29, 1.82) is 0 Å². The first-order valence-corrected chi connectivity index (χ1v) is 8.15. The molecule has 1 amide bonds. The number of carbonyl (C=O) groups excluding carboxylic acids is 1. The highest BCUT2D eigenvalue weighted by molar-refractivity contribution is 5.73. The van der Waals surface area contributed by atoms with Gasteiger partial charge in [0, 0.05) is 24.7 Å². The molecule has 3 rings (SSSR count). The third-order valence-electron chi connectivity index (χ3n) is 4.01. The number of amides is 1. The van der Waals surface area contributed by atoms with Crippen LogP contribution in [0.5, 0.6) is 0 Å². The average molecular weight is 346 g/mol. The lowest BCUT2D eigenvalue weighted by molar-refractivity contribution is -0.119. The van der Waals surface area contributed by atoms with Crippen molar-refractivity contribution >= 4 is 11.9 Å². The Kier molecular flexibility index (Phi) is 4.65. The molecule has 0 spiro atoms. The third kappa shape index (κ3) is 4.29. The van der Waals surface area contributed by atoms with E-state index in [1.165, 1.54) is 11.8 Å². The van der Waals surface area contributed by atoms with Crippen LogP contribution in [0.3, 0.4) is 0 Å². The Morgan fingerprint density at radius 2 is 1.96 bits per heavy atom. The first-order valence-electron chi connectivity index (χ1n) is 8.15. The maximum Gasteiger partial charge on any atom is 0.282 e. The Morgan fingerprint density at radius 3 is 2.56 bits per heavy atom. The highest BCUT2D eigenvalue weighted by atomic mass is 19.3. The van der Waals surface area contributed by atoms with Crippen LogP contribution in [0, 0.1) is 0 Å². The van der Waals surface area contributed by atoms with Crippen molar-refractivity contribution in [2.45, 2.75) is 32.2 Å². The van der Waals surface area contributed by atoms with Crippen LogP contribution in [0.25, 0.3) is 11.3 Å². The molecule has 1 N–H and O–H groups in total. The molecular formula is C18H20F2N4O. The zero-order valence-corrected chi connectivity index (χ0v) is 14.2. The largest absolute Gasteiger partial charge is 0.354 e. The van der Waals surface area contributed by atoms with Crippen LogP contribution in [0.4, 0.5) is 14.7 Å². The molecule has 1 atom stereocenters. The van der Waals surface area contributed by atoms with Gasteiger partial charge in [0.25, 0.3) is 5.92 Å². The highest BCUT2D eigenvalue weighted by Gasteiger charge is 2.45. The number of rotatable bonds is 5. The minimum absolute atomic E-state index is 0.0470. The van der Waals surface area contributed by atoms with E-state index in [4.69, 9.17) is 0 Å². The summed E-state index contributed by atoms with van der Waals surface area (Å²) < 4.78 is 26.0. The van der Waals surface area contributed by atoms with E-state index in [1.807, 2.05) is 31.2 Å². The minimum atomic E-state index is -2.65. The normalized spacial score (nSPS) is 16.9. The number of aromatic nitrogens is 2. The van der Waals surface area contributed by atoms with Crippen molar-refractivity contribution in [3.05, 3.63) is 42.1 Å². The van der Waals surface area contributed by atoms with E-state index >= 15 is 0 Å². The Hall–Kier alpha value is -2.57. The summed E-state index contributed by atoms with van der Waals surface area (Å²) in [6, 6.07) is 9.65. The topological polar surface area (TPSA) is 58.1 Å². The summed E-state index contributed by atoms with van der Waals surface area (Å²) in [5.41, 5.74) is 2.69. The first-order chi connectivity index (χ1) is 11.8. The van der Waals surface area contributed by atoms with Crippen LogP contribution in [0.15, 0.2) is 36.5 Å². The summed E-state index contributed by atoms with van der Waals surface area (Å²) in [4.78, 5) is 21.0. The molecule has 1 aromatic carbocycles. The lowest BCUT2D eigenvalue weighted by atomic mass is 10.0. The Labute approximate surface area is 145 Å². The second-order valence-electron chi connectivity index (χ2n) is 6.46. The fourth-order valence-electron chi connectivity index (χ4n) is 2.88. The SMILES string of the molecule is CC(=O)NC(C)Cc1ccc(-c2ccnc(N3CC(F)(F)C3)n2)cc1. The number of nitrogens with one attached hydrogen (secondary N) is 1. The molecule has 1 aliphatic rings. The zero-order chi connectivity index (χ0) is 18.0. The molecule has 1 unspecified atom stereocenters. The van der Waals surface area contributed by atoms with Gasteiger partial charge in [-0.15, -0.1) is 0 Å². The van der Waals surface area contributed by atoms with E-state index in [9.17, 15) is 13.6 Å². The van der Waals surface area contributed by atoms with Crippen molar-refractivity contribution in [3.63, 3.8) is 0 Å². The van der Waals surface area contributed by atoms with Crippen LogP contribution in [0.2, 0.25) is 0 Å². The summed E-state index contributed by atoms with van der Waals surface area (Å²) in [5, 5.41) is 2.85. The molecule has 7 heteroatoms. The van der Waals surface area contributed by atoms with Crippen molar-refractivity contribution in [1.82, 2.24) is 15.3 Å². The monoisotopic (exact) mass is 346 g/mol. The maximum atomic E-state index is 13.0. The van der Waals surface area contributed by atoms with Gasteiger partial charge in [-0.25, -0.2) is 18.7 Å². The smallest absolute Gasteiger partial charge is 0.282 e. The van der Waals surface area contributed by atoms with Gasteiger partial charge in [-0.2, -0.15) is 0 Å². The summed E-state index contributed by atoms with van der Waals surface area (Å²) in [7, 11) is 0. The predicted octanol–water partition coefficient (Wildman–Crippen LogP) is 2.67. The fourth-order valence-corrected chi connectivity index (χ4v) is 2.88. The van der Waals surface area contributed by atoms with Crippen LogP contribution in [-0.4, -0.2) is 40.9 Å². The van der Waals surface area contributed by atoms with Gasteiger partial charge in [-0.1, -0.05) is 24.3 Å². The molecule has 1 aliphatic heterocycles. The van der Waals surface area contributed by atoms with Crippen molar-refractivity contribution in [2.24, 2.45) is 0 Å². The molecule has 0 aliphatic carbocycles. The van der Waals surface area contributed by atoms with Crippen molar-refractivity contribution in [2.75, 3.05) is 18.0 Å². The van der Waals surface area contributed by atoms with Gasteiger partial charge in [0.2, 0.25) is 11.9 Å². The fraction of sp³-hybridized carbons (Fsp3) is 0.389. The number of nitrogens with zero attached hydrogens (tertiary/aromatic N) is 3. The Morgan fingerprint density at radius 1 is 1.28 bits per heavy atom. The van der Waals surface area contributed by atoms with Gasteiger partial charge in [0.05, 0.1) is 18.8 Å². The number of benzene rings is 1. The second-order valence-corrected chi connectivity index (χ2v) is 6.46. The number of hydrogen-bond acceptors (Lipinski definition) is 4. The lowest BCUT2D eigenvalue weighted by Crippen LogP contribution is -2.57. The molecule has 5 nitrogen and oxygen atoms in total. The summed E-state index contributed by atoms with van der Waals surface area (Å²) >= 11 is 0. The first kappa shape index (κ1) is 17.3. The van der Waals surface area contributed by atoms with Crippen LogP contribution >= 0.6 is 0 Å². The van der Waals surface area contributed by atoms with E-state index in [1.54, 1.807) is 12.3 Å². The van der Waals surface area contributed by atoms with Gasteiger partial charge < -0.3 is 10.2 Å². The Bertz CT molecular complexity index is 756. The lowest BCUT2D eigenvalue weighted by Gasteiger charge is -2.38. The Balaban J connectivity index is 1.69. The van der Waals surface area contributed by atoms with E-state index in [2.05, 4.69) is 15.3 Å². The van der Waals surface area contributed by atoms with Gasteiger partial charge in [0.1, 0.15) is 0 Å². The number of halogens is 2. The molecule has 0 saturated carbocycles. The third-order valence-corrected chi connectivity index (χ3v) is 4.01. The van der Waals surface area contributed by atoms with Crippen molar-refractivity contribution in [3.8, 4) is 11.3 Å². The molecule has 0 radical (unpaired) electrons. The van der Waals surface area contributed by atoms with Gasteiger partial charge in [-0.3, -0.25) is 4.79 Å². The van der Waals surface area contributed by atoms with Gasteiger partial charge >= 0.3 is 0 Å². The number of carbonyl (C=O) groups is 1. The molecule has 0 bridgehead atoms. The van der Waals surface area contributed by atoms with Crippen LogP contribution in [-0.2, 0) is 11.2 Å². The number of hydrogen-bond donors (Lipinski definition) is 1. The van der Waals surface area contributed by atoms with Gasteiger partial charge in [-0.05, 0) is 25.0 Å². The second kappa shape index (κ2) is 6.74. The molecule has 1 saturated heterocycles. The molecule has 1 fully saturated rings. The standard InChI is InChI=1S/C18H20F2N4O/c1-12(22-13(2)25)9-14-3-5-15(6-4-14)16-7-8-21-17(23-16)24-10-18(19,20)11-24/h3-8,12H,9-11H2,1-2H3,(H,22,25). The summed E-state index contributed by atoms with van der Waals surface area (Å²) in [6.07, 6.45) is 2.32. The molecule has 1 aromatic heterocycles. The molecule has 2 heterocycles. The zero-order valence-electron chi connectivity index (χ0n) is 14.2. The summed E-state index contributed by atoms with van der Waals surface area (Å²) in [6.45, 7) is 2.78. The van der Waals surface area contributed by atoms with Crippen LogP contribution in [0.1, 0.15) is 19.4 Å². The molecule has 2 aromatic rings. The molecule has 132 valence electrons. The van der Waals surface area contributed by atoms with E-state index in [-0.39, 0.29) is 25.0 Å². The molecule has 25 heavy (non-hydrogen) atoms. The van der Waals surface area contributed by atoms with Gasteiger partial charge in [0.15, 0.2) is 0 Å². The average Bonchev–Trinajstić information content (AvgIpc) is 2.52. The number of alkyl halides is 2.